The van der Waals surface area contributed by atoms with Gasteiger partial charge in [0.15, 0.2) is 5.78 Å². The fourth-order valence-electron chi connectivity index (χ4n) is 2.30. The molecule has 0 aromatic heterocycles. The zero-order valence-electron chi connectivity index (χ0n) is 9.92. The maximum absolute atomic E-state index is 12.1. The van der Waals surface area contributed by atoms with Crippen LogP contribution >= 0.6 is 11.6 Å². The molecule has 1 fully saturated rings. The van der Waals surface area contributed by atoms with Crippen LogP contribution < -0.4 is 5.32 Å². The average molecular weight is 252 g/mol. The summed E-state index contributed by atoms with van der Waals surface area (Å²) in [5, 5.41) is 4.00. The van der Waals surface area contributed by atoms with Crippen molar-refractivity contribution in [1.82, 2.24) is 5.32 Å². The van der Waals surface area contributed by atoms with Gasteiger partial charge in [-0.3, -0.25) is 4.79 Å². The molecule has 1 heterocycles. The van der Waals surface area contributed by atoms with E-state index >= 15 is 0 Å². The van der Waals surface area contributed by atoms with E-state index in [0.717, 1.165) is 13.0 Å². The fraction of sp³-hybridized carbons (Fsp3) is 0.500. The smallest absolute Gasteiger partial charge is 0.165 e. The highest BCUT2D eigenvalue weighted by molar-refractivity contribution is 6.33. The predicted molar refractivity (Wildman–Crippen MR) is 70.7 cm³/mol. The molecule has 2 rings (SSSR count). The van der Waals surface area contributed by atoms with Crippen molar-refractivity contribution < 1.29 is 4.79 Å². The summed E-state index contributed by atoms with van der Waals surface area (Å²) < 4.78 is 0. The maximum Gasteiger partial charge on any atom is 0.165 e. The average Bonchev–Trinajstić information content (AvgIpc) is 2.58. The van der Waals surface area contributed by atoms with Crippen molar-refractivity contribution in [2.75, 3.05) is 6.54 Å². The lowest BCUT2D eigenvalue weighted by Crippen LogP contribution is -2.30. The predicted octanol–water partition coefficient (Wildman–Crippen LogP) is 3.45. The van der Waals surface area contributed by atoms with Crippen molar-refractivity contribution in [1.29, 1.82) is 0 Å². The summed E-state index contributed by atoms with van der Waals surface area (Å²) in [6, 6.07) is 7.61. The van der Waals surface area contributed by atoms with E-state index in [1.165, 1.54) is 19.3 Å². The van der Waals surface area contributed by atoms with Crippen LogP contribution in [-0.4, -0.2) is 18.4 Å². The number of Topliss-reactive ketones (excluding diaryl/α,β-unsaturated/α-hetero) is 1. The molecule has 0 radical (unpaired) electrons. The zero-order valence-corrected chi connectivity index (χ0v) is 10.7. The minimum atomic E-state index is 0.148. The van der Waals surface area contributed by atoms with Crippen LogP contribution in [0.1, 0.15) is 42.5 Å². The Labute approximate surface area is 107 Å². The molecule has 3 heteroatoms. The largest absolute Gasteiger partial charge is 0.314 e. The number of nitrogens with one attached hydrogen (secondary N) is 1. The first-order valence-corrected chi connectivity index (χ1v) is 6.66. The molecule has 0 bridgehead atoms. The third kappa shape index (κ3) is 3.55. The lowest BCUT2D eigenvalue weighted by molar-refractivity contribution is 0.0968. The Hall–Kier alpha value is -0.860. The Morgan fingerprint density at radius 2 is 2.12 bits per heavy atom. The van der Waals surface area contributed by atoms with Gasteiger partial charge < -0.3 is 5.32 Å². The second kappa shape index (κ2) is 6.18. The van der Waals surface area contributed by atoms with Gasteiger partial charge in [0.2, 0.25) is 0 Å². The third-order valence-corrected chi connectivity index (χ3v) is 3.60. The van der Waals surface area contributed by atoms with E-state index in [9.17, 15) is 4.79 Å². The molecule has 0 spiro atoms. The summed E-state index contributed by atoms with van der Waals surface area (Å²) in [5.41, 5.74) is 0.653. The molecule has 1 atom stereocenters. The molecule has 1 aliphatic rings. The van der Waals surface area contributed by atoms with Gasteiger partial charge in [-0.1, -0.05) is 36.6 Å². The molecule has 1 aliphatic heterocycles. The Morgan fingerprint density at radius 1 is 1.29 bits per heavy atom. The molecule has 17 heavy (non-hydrogen) atoms. The number of carbonyl (C=O) groups excluding carboxylic acids is 1. The molecule has 92 valence electrons. The lowest BCUT2D eigenvalue weighted by atomic mass is 10.0. The van der Waals surface area contributed by atoms with E-state index < -0.39 is 0 Å². The van der Waals surface area contributed by atoms with Crippen molar-refractivity contribution in [3.63, 3.8) is 0 Å². The number of ketones is 1. The van der Waals surface area contributed by atoms with E-state index in [2.05, 4.69) is 5.32 Å². The minimum absolute atomic E-state index is 0.148. The highest BCUT2D eigenvalue weighted by atomic mass is 35.5. The van der Waals surface area contributed by atoms with E-state index in [4.69, 9.17) is 11.6 Å². The summed E-state index contributed by atoms with van der Waals surface area (Å²) in [6.07, 6.45) is 5.36. The summed E-state index contributed by atoms with van der Waals surface area (Å²) in [5.74, 6) is 0.148. The van der Waals surface area contributed by atoms with Gasteiger partial charge in [0.1, 0.15) is 0 Å². The number of benzene rings is 1. The summed E-state index contributed by atoms with van der Waals surface area (Å²) in [4.78, 5) is 12.1. The first-order chi connectivity index (χ1) is 8.27. The zero-order chi connectivity index (χ0) is 12.1. The second-order valence-corrected chi connectivity index (χ2v) is 5.01. The van der Waals surface area contributed by atoms with Crippen LogP contribution in [0.3, 0.4) is 0 Å². The second-order valence-electron chi connectivity index (χ2n) is 4.61. The normalized spacial score (nSPS) is 20.9. The van der Waals surface area contributed by atoms with Crippen molar-refractivity contribution in [3.8, 4) is 0 Å². The van der Waals surface area contributed by atoms with Crippen molar-refractivity contribution >= 4 is 17.4 Å². The van der Waals surface area contributed by atoms with Crippen LogP contribution in [0.15, 0.2) is 24.3 Å². The number of hydrogen-bond acceptors (Lipinski definition) is 2. The molecule has 0 amide bonds. The molecule has 1 unspecified atom stereocenters. The van der Waals surface area contributed by atoms with Crippen LogP contribution in [0.5, 0.6) is 0 Å². The first kappa shape index (κ1) is 12.6. The third-order valence-electron chi connectivity index (χ3n) is 3.27. The first-order valence-electron chi connectivity index (χ1n) is 6.28. The number of hydrogen-bond donors (Lipinski definition) is 1. The quantitative estimate of drug-likeness (QED) is 0.834. The monoisotopic (exact) mass is 251 g/mol. The number of rotatable bonds is 3. The summed E-state index contributed by atoms with van der Waals surface area (Å²) in [6.45, 7) is 1.03. The van der Waals surface area contributed by atoms with Gasteiger partial charge in [-0.05, 0) is 31.5 Å². The van der Waals surface area contributed by atoms with Gasteiger partial charge in [-0.2, -0.15) is 0 Å². The van der Waals surface area contributed by atoms with Crippen molar-refractivity contribution in [2.45, 2.75) is 38.1 Å². The Balaban J connectivity index is 1.98. The topological polar surface area (TPSA) is 29.1 Å². The van der Waals surface area contributed by atoms with E-state index in [1.54, 1.807) is 12.1 Å². The lowest BCUT2D eigenvalue weighted by Gasteiger charge is -2.15. The Kier molecular flexibility index (Phi) is 4.57. The Bertz CT molecular complexity index is 384. The van der Waals surface area contributed by atoms with Crippen LogP contribution in [-0.2, 0) is 0 Å². The van der Waals surface area contributed by atoms with E-state index in [0.29, 0.717) is 23.0 Å². The molecular weight excluding hydrogens is 234 g/mol. The fourth-order valence-corrected chi connectivity index (χ4v) is 2.54. The molecule has 1 aromatic carbocycles. The van der Waals surface area contributed by atoms with Gasteiger partial charge in [0, 0.05) is 18.0 Å². The van der Waals surface area contributed by atoms with Crippen LogP contribution in [0.2, 0.25) is 5.02 Å². The van der Waals surface area contributed by atoms with Gasteiger partial charge in [-0.15, -0.1) is 0 Å². The van der Waals surface area contributed by atoms with Gasteiger partial charge in [0.25, 0.3) is 0 Å². The standard InChI is InChI=1S/C14H18ClNO/c15-13-8-4-3-7-12(13)14(17)10-11-6-2-1-5-9-16-11/h3-4,7-8,11,16H,1-2,5-6,9-10H2. The van der Waals surface area contributed by atoms with Crippen molar-refractivity contribution in [2.24, 2.45) is 0 Å². The number of carbonyl (C=O) groups is 1. The molecule has 1 saturated heterocycles. The van der Waals surface area contributed by atoms with E-state index in [-0.39, 0.29) is 5.78 Å². The van der Waals surface area contributed by atoms with E-state index in [1.807, 2.05) is 12.1 Å². The highest BCUT2D eigenvalue weighted by Crippen LogP contribution is 2.19. The summed E-state index contributed by atoms with van der Waals surface area (Å²) >= 11 is 6.03. The molecule has 1 aromatic rings. The SMILES string of the molecule is O=C(CC1CCCCCN1)c1ccccc1Cl. The molecule has 2 nitrogen and oxygen atoms in total. The van der Waals surface area contributed by atoms with Gasteiger partial charge in [-0.25, -0.2) is 0 Å². The maximum atomic E-state index is 12.1. The highest BCUT2D eigenvalue weighted by Gasteiger charge is 2.17. The van der Waals surface area contributed by atoms with Gasteiger partial charge >= 0.3 is 0 Å². The number of halogens is 1. The molecule has 0 saturated carbocycles. The summed E-state index contributed by atoms with van der Waals surface area (Å²) in [7, 11) is 0. The van der Waals surface area contributed by atoms with Gasteiger partial charge in [0.05, 0.1) is 5.02 Å². The van der Waals surface area contributed by atoms with Crippen molar-refractivity contribution in [3.05, 3.63) is 34.9 Å². The minimum Gasteiger partial charge on any atom is -0.314 e. The molecule has 1 N–H and O–H groups in total. The van der Waals surface area contributed by atoms with Crippen LogP contribution in [0.25, 0.3) is 0 Å². The molecule has 0 aliphatic carbocycles. The van der Waals surface area contributed by atoms with Crippen LogP contribution in [0.4, 0.5) is 0 Å². The Morgan fingerprint density at radius 3 is 2.94 bits per heavy atom. The van der Waals surface area contributed by atoms with Crippen LogP contribution in [0, 0.1) is 0 Å². The molecular formula is C14H18ClNO.